The average Bonchev–Trinajstić information content (AvgIpc) is 2.35. The highest BCUT2D eigenvalue weighted by Gasteiger charge is 2.18. The normalized spacial score (nSPS) is 13.0. The summed E-state index contributed by atoms with van der Waals surface area (Å²) in [7, 11) is 1.19. The van der Waals surface area contributed by atoms with Crippen LogP contribution in [0, 0.1) is 5.82 Å². The number of hydrogen-bond donors (Lipinski definition) is 1. The molecule has 1 amide bonds. The van der Waals surface area contributed by atoms with Crippen LogP contribution in [-0.2, 0) is 9.05 Å². The van der Waals surface area contributed by atoms with Gasteiger partial charge in [0.2, 0.25) is 0 Å². The van der Waals surface area contributed by atoms with Crippen LogP contribution in [0.5, 0.6) is 0 Å². The summed E-state index contributed by atoms with van der Waals surface area (Å²) in [5, 5.41) is 2.63. The highest BCUT2D eigenvalue weighted by molar-refractivity contribution is 8.13. The van der Waals surface area contributed by atoms with E-state index >= 15 is 0 Å². The van der Waals surface area contributed by atoms with Gasteiger partial charge in [-0.25, -0.2) is 12.8 Å². The van der Waals surface area contributed by atoms with Gasteiger partial charge in [-0.15, -0.1) is 0 Å². The van der Waals surface area contributed by atoms with Gasteiger partial charge in [-0.3, -0.25) is 4.79 Å². The van der Waals surface area contributed by atoms with Crippen LogP contribution in [0.3, 0.4) is 0 Å². The molecular weight excluding hydrogens is 305 g/mol. The van der Waals surface area contributed by atoms with E-state index < -0.39 is 20.8 Å². The topological polar surface area (TPSA) is 63.2 Å². The first kappa shape index (κ1) is 16.9. The fraction of sp³-hybridized carbons (Fsp3) is 0.462. The van der Waals surface area contributed by atoms with E-state index in [9.17, 15) is 17.6 Å². The van der Waals surface area contributed by atoms with Crippen LogP contribution >= 0.6 is 10.7 Å². The monoisotopic (exact) mass is 321 g/mol. The van der Waals surface area contributed by atoms with Crippen molar-refractivity contribution in [2.45, 2.75) is 44.0 Å². The lowest BCUT2D eigenvalue weighted by molar-refractivity contribution is 0.0933. The zero-order chi connectivity index (χ0) is 15.3. The number of unbranched alkanes of at least 4 members (excludes halogenated alkanes) is 1. The molecule has 1 aromatic carbocycles. The SMILES string of the molecule is CCCCC(C)NC(=O)c1cc(S(=O)(=O)Cl)ccc1F. The van der Waals surface area contributed by atoms with Gasteiger partial charge in [0.05, 0.1) is 10.5 Å². The number of rotatable bonds is 6. The van der Waals surface area contributed by atoms with Crippen molar-refractivity contribution in [1.29, 1.82) is 0 Å². The number of benzene rings is 1. The minimum absolute atomic E-state index is 0.113. The van der Waals surface area contributed by atoms with Crippen molar-refractivity contribution >= 4 is 25.6 Å². The third-order valence-corrected chi connectivity index (χ3v) is 4.18. The van der Waals surface area contributed by atoms with E-state index in [1.807, 2.05) is 13.8 Å². The van der Waals surface area contributed by atoms with E-state index in [0.29, 0.717) is 0 Å². The maximum atomic E-state index is 13.6. The number of carbonyl (C=O) groups is 1. The Balaban J connectivity index is 2.93. The Morgan fingerprint density at radius 2 is 2.10 bits per heavy atom. The summed E-state index contributed by atoms with van der Waals surface area (Å²) in [5.74, 6) is -1.43. The maximum absolute atomic E-state index is 13.6. The molecule has 20 heavy (non-hydrogen) atoms. The first-order valence-corrected chi connectivity index (χ1v) is 8.61. The molecule has 1 atom stereocenters. The summed E-state index contributed by atoms with van der Waals surface area (Å²) >= 11 is 0. The molecule has 1 rings (SSSR count). The van der Waals surface area contributed by atoms with Crippen molar-refractivity contribution in [3.05, 3.63) is 29.6 Å². The first-order chi connectivity index (χ1) is 9.25. The molecule has 1 unspecified atom stereocenters. The van der Waals surface area contributed by atoms with Gasteiger partial charge in [-0.2, -0.15) is 0 Å². The Hall–Kier alpha value is -1.14. The van der Waals surface area contributed by atoms with Crippen LogP contribution in [0.25, 0.3) is 0 Å². The summed E-state index contributed by atoms with van der Waals surface area (Å²) in [6.07, 6.45) is 2.71. The molecule has 0 saturated heterocycles. The molecule has 112 valence electrons. The Morgan fingerprint density at radius 1 is 1.45 bits per heavy atom. The smallest absolute Gasteiger partial charge is 0.261 e. The molecule has 0 heterocycles. The highest BCUT2D eigenvalue weighted by atomic mass is 35.7. The van der Waals surface area contributed by atoms with Crippen molar-refractivity contribution in [2.24, 2.45) is 0 Å². The van der Waals surface area contributed by atoms with Crippen molar-refractivity contribution in [3.8, 4) is 0 Å². The van der Waals surface area contributed by atoms with Gasteiger partial charge >= 0.3 is 0 Å². The molecule has 0 radical (unpaired) electrons. The lowest BCUT2D eigenvalue weighted by Gasteiger charge is -2.14. The zero-order valence-corrected chi connectivity index (χ0v) is 12.9. The van der Waals surface area contributed by atoms with Gasteiger partial charge in [0.1, 0.15) is 5.82 Å². The molecule has 0 fully saturated rings. The van der Waals surface area contributed by atoms with Crippen molar-refractivity contribution in [3.63, 3.8) is 0 Å². The summed E-state index contributed by atoms with van der Waals surface area (Å²) in [4.78, 5) is 11.6. The minimum atomic E-state index is -3.99. The van der Waals surface area contributed by atoms with Gasteiger partial charge in [-0.1, -0.05) is 19.8 Å². The van der Waals surface area contributed by atoms with Gasteiger partial charge in [0.15, 0.2) is 0 Å². The molecule has 0 aliphatic heterocycles. The number of hydrogen-bond acceptors (Lipinski definition) is 3. The largest absolute Gasteiger partial charge is 0.349 e. The number of halogens is 2. The Labute approximate surface area is 122 Å². The molecule has 0 bridgehead atoms. The van der Waals surface area contributed by atoms with Crippen LogP contribution < -0.4 is 5.32 Å². The second kappa shape index (κ2) is 7.04. The molecule has 0 aromatic heterocycles. The van der Waals surface area contributed by atoms with E-state index in [-0.39, 0.29) is 16.5 Å². The van der Waals surface area contributed by atoms with E-state index in [2.05, 4.69) is 5.32 Å². The number of carbonyl (C=O) groups excluding carboxylic acids is 1. The van der Waals surface area contributed by atoms with E-state index in [1.165, 1.54) is 0 Å². The van der Waals surface area contributed by atoms with E-state index in [0.717, 1.165) is 37.5 Å². The van der Waals surface area contributed by atoms with Gasteiger partial charge < -0.3 is 5.32 Å². The van der Waals surface area contributed by atoms with Crippen LogP contribution in [0.2, 0.25) is 0 Å². The Bertz CT molecular complexity index is 589. The number of nitrogens with one attached hydrogen (secondary N) is 1. The fourth-order valence-corrected chi connectivity index (χ4v) is 2.49. The minimum Gasteiger partial charge on any atom is -0.349 e. The summed E-state index contributed by atoms with van der Waals surface area (Å²) in [5.41, 5.74) is -0.324. The van der Waals surface area contributed by atoms with Gasteiger partial charge in [0, 0.05) is 16.7 Å². The average molecular weight is 322 g/mol. The van der Waals surface area contributed by atoms with Crippen LogP contribution in [0.4, 0.5) is 4.39 Å². The molecule has 0 spiro atoms. The molecule has 4 nitrogen and oxygen atoms in total. The van der Waals surface area contributed by atoms with Crippen molar-refractivity contribution in [1.82, 2.24) is 5.32 Å². The molecule has 0 saturated carbocycles. The lowest BCUT2D eigenvalue weighted by atomic mass is 10.1. The Morgan fingerprint density at radius 3 is 2.65 bits per heavy atom. The predicted molar refractivity (Wildman–Crippen MR) is 75.9 cm³/mol. The van der Waals surface area contributed by atoms with Gasteiger partial charge in [0.25, 0.3) is 15.0 Å². The zero-order valence-electron chi connectivity index (χ0n) is 11.3. The van der Waals surface area contributed by atoms with E-state index in [4.69, 9.17) is 10.7 Å². The van der Waals surface area contributed by atoms with Gasteiger partial charge in [-0.05, 0) is 31.5 Å². The third kappa shape index (κ3) is 4.76. The second-order valence-corrected chi connectivity index (χ2v) is 7.16. The predicted octanol–water partition coefficient (Wildman–Crippen LogP) is 3.06. The molecular formula is C13H17ClFNO3S. The van der Waals surface area contributed by atoms with Crippen molar-refractivity contribution < 1.29 is 17.6 Å². The molecule has 7 heteroatoms. The van der Waals surface area contributed by atoms with Crippen LogP contribution in [0.15, 0.2) is 23.1 Å². The molecule has 1 N–H and O–H groups in total. The molecule has 0 aliphatic carbocycles. The standard InChI is InChI=1S/C13H17ClFNO3S/c1-3-4-5-9(2)16-13(17)11-8-10(20(14,18)19)6-7-12(11)15/h6-9H,3-5H2,1-2H3,(H,16,17). The fourth-order valence-electron chi connectivity index (χ4n) is 1.71. The number of amides is 1. The molecule has 0 aliphatic rings. The summed E-state index contributed by atoms with van der Waals surface area (Å²) in [6.45, 7) is 3.84. The Kier molecular flexibility index (Phi) is 5.95. The highest BCUT2D eigenvalue weighted by Crippen LogP contribution is 2.19. The lowest BCUT2D eigenvalue weighted by Crippen LogP contribution is -2.33. The summed E-state index contributed by atoms with van der Waals surface area (Å²) in [6, 6.07) is 2.77. The van der Waals surface area contributed by atoms with Crippen molar-refractivity contribution in [2.75, 3.05) is 0 Å². The molecule has 1 aromatic rings. The van der Waals surface area contributed by atoms with Crippen LogP contribution in [-0.4, -0.2) is 20.4 Å². The summed E-state index contributed by atoms with van der Waals surface area (Å²) < 4.78 is 36.0. The second-order valence-electron chi connectivity index (χ2n) is 4.60. The quantitative estimate of drug-likeness (QED) is 0.819. The van der Waals surface area contributed by atoms with Crippen LogP contribution in [0.1, 0.15) is 43.5 Å². The maximum Gasteiger partial charge on any atom is 0.261 e. The van der Waals surface area contributed by atoms with E-state index in [1.54, 1.807) is 0 Å². The third-order valence-electron chi connectivity index (χ3n) is 2.83. The first-order valence-electron chi connectivity index (χ1n) is 6.30.